The van der Waals surface area contributed by atoms with Gasteiger partial charge in [-0.1, -0.05) is 16.9 Å². The van der Waals surface area contributed by atoms with Crippen LogP contribution >= 0.6 is 34.9 Å². The molecule has 2 amide bonds. The lowest BCUT2D eigenvalue weighted by Gasteiger charge is -2.49. The fourth-order valence-electron chi connectivity index (χ4n) is 3.11. The van der Waals surface area contributed by atoms with Crippen molar-refractivity contribution in [2.75, 3.05) is 18.1 Å². The number of oxime groups is 1. The topological polar surface area (TPSA) is 200 Å². The number of amides is 2. The number of nitrogens with zero attached hydrogens (tertiary/aromatic N) is 5. The van der Waals surface area contributed by atoms with E-state index in [4.69, 9.17) is 5.11 Å². The van der Waals surface area contributed by atoms with Crippen molar-refractivity contribution in [3.05, 3.63) is 34.1 Å². The van der Waals surface area contributed by atoms with E-state index in [2.05, 4.69) is 35.7 Å². The molecule has 4 rings (SSSR count). The molecule has 4 heterocycles. The van der Waals surface area contributed by atoms with Crippen molar-refractivity contribution in [1.29, 1.82) is 0 Å². The number of carbonyl (C=O) groups excluding carboxylic acids is 2. The molecule has 2 aromatic heterocycles. The Bertz CT molecular complexity index is 1170. The van der Waals surface area contributed by atoms with Crippen LogP contribution in [0.4, 0.5) is 0 Å². The molecule has 2 aromatic rings. The van der Waals surface area contributed by atoms with Gasteiger partial charge in [-0.25, -0.2) is 14.6 Å². The van der Waals surface area contributed by atoms with Gasteiger partial charge in [0, 0.05) is 16.9 Å². The summed E-state index contributed by atoms with van der Waals surface area (Å²) in [6.45, 7) is -0.766. The first-order valence-electron chi connectivity index (χ1n) is 9.36. The number of thioether (sulfide) groups is 2. The monoisotopic (exact) mass is 525 g/mol. The molecular formula is C17H15N7O7S3. The summed E-state index contributed by atoms with van der Waals surface area (Å²) in [7, 11) is 0. The maximum Gasteiger partial charge on any atom is 0.352 e. The van der Waals surface area contributed by atoms with Crippen LogP contribution in [-0.2, 0) is 24.0 Å². The van der Waals surface area contributed by atoms with Gasteiger partial charge in [0.15, 0.2) is 5.71 Å². The third kappa shape index (κ3) is 4.90. The van der Waals surface area contributed by atoms with E-state index in [-0.39, 0.29) is 17.1 Å². The fourth-order valence-corrected chi connectivity index (χ4v) is 5.92. The molecule has 2 aliphatic rings. The molecule has 0 saturated carbocycles. The van der Waals surface area contributed by atoms with E-state index >= 15 is 0 Å². The number of hydrogen-bond acceptors (Lipinski definition) is 12. The standard InChI is InChI=1S/C17H15N7O7S3/c25-10(26)2-31-22-11(8-5-32-6-18-8)14(27)20-12-15(28)24-13(17(29)30)7(4-34-16(12)24)3-33-9-1-19-23-21-9/h1,5-6,12,16H,2-4H2,(H,20,27)(H,25,26)(H,29,30)(H,19,21,23)/t12?,16-/m1/s1. The zero-order chi connectivity index (χ0) is 24.2. The van der Waals surface area contributed by atoms with Gasteiger partial charge in [0.25, 0.3) is 11.8 Å². The third-order valence-corrected chi connectivity index (χ3v) is 7.47. The number of thiazole rings is 1. The van der Waals surface area contributed by atoms with Gasteiger partial charge in [0.2, 0.25) is 6.61 Å². The molecule has 0 radical (unpaired) electrons. The molecule has 2 aliphatic heterocycles. The number of β-lactam (4-membered cyclic amide) rings is 1. The van der Waals surface area contributed by atoms with Gasteiger partial charge in [-0.2, -0.15) is 10.3 Å². The number of aromatic nitrogens is 4. The predicted molar refractivity (Wildman–Crippen MR) is 119 cm³/mol. The Hall–Kier alpha value is -3.44. The molecule has 178 valence electrons. The first-order valence-corrected chi connectivity index (χ1v) is 12.3. The van der Waals surface area contributed by atoms with Crippen LogP contribution in [-0.4, -0.2) is 94.5 Å². The average molecular weight is 526 g/mol. The van der Waals surface area contributed by atoms with Crippen molar-refractivity contribution < 1.29 is 34.2 Å². The number of nitrogens with one attached hydrogen (secondary N) is 2. The van der Waals surface area contributed by atoms with Gasteiger partial charge in [-0.15, -0.1) is 28.2 Å². The molecule has 2 atom stereocenters. The summed E-state index contributed by atoms with van der Waals surface area (Å²) in [6.07, 6.45) is 1.51. The van der Waals surface area contributed by atoms with Crippen LogP contribution in [0.5, 0.6) is 0 Å². The van der Waals surface area contributed by atoms with Crippen LogP contribution in [0.2, 0.25) is 0 Å². The molecule has 0 aliphatic carbocycles. The van der Waals surface area contributed by atoms with Gasteiger partial charge in [0.1, 0.15) is 27.8 Å². The SMILES string of the molecule is O=C(O)CON=C(C(=O)NC1C(=O)N2C(C(=O)O)=C(CSc3cn[nH]n3)CS[C@H]12)c1cscn1. The number of fused-ring (bicyclic) bond motifs is 1. The highest BCUT2D eigenvalue weighted by Crippen LogP contribution is 2.41. The Balaban J connectivity index is 1.48. The lowest BCUT2D eigenvalue weighted by molar-refractivity contribution is -0.150. The number of H-pyrrole nitrogens is 1. The van der Waals surface area contributed by atoms with E-state index < -0.39 is 41.8 Å². The smallest absolute Gasteiger partial charge is 0.352 e. The average Bonchev–Trinajstić information content (AvgIpc) is 3.52. The summed E-state index contributed by atoms with van der Waals surface area (Å²) in [5.41, 5.74) is 1.73. The highest BCUT2D eigenvalue weighted by atomic mass is 32.2. The molecule has 17 heteroatoms. The van der Waals surface area contributed by atoms with Crippen molar-refractivity contribution in [2.24, 2.45) is 5.16 Å². The molecule has 14 nitrogen and oxygen atoms in total. The summed E-state index contributed by atoms with van der Waals surface area (Å²) in [5, 5.41) is 36.1. The third-order valence-electron chi connectivity index (χ3n) is 4.56. The fraction of sp³-hybridized carbons (Fsp3) is 0.294. The Morgan fingerprint density at radius 2 is 2.21 bits per heavy atom. The number of carboxylic acid groups (broad SMARTS) is 2. The summed E-state index contributed by atoms with van der Waals surface area (Å²) in [4.78, 5) is 58.1. The summed E-state index contributed by atoms with van der Waals surface area (Å²) in [5.74, 6) is -3.28. The molecule has 0 bridgehead atoms. The van der Waals surface area contributed by atoms with Crippen LogP contribution in [0.3, 0.4) is 0 Å². The molecule has 1 saturated heterocycles. The lowest BCUT2D eigenvalue weighted by atomic mass is 10.0. The van der Waals surface area contributed by atoms with Crippen LogP contribution in [0.25, 0.3) is 0 Å². The maximum absolute atomic E-state index is 12.8. The van der Waals surface area contributed by atoms with Crippen LogP contribution < -0.4 is 5.32 Å². The lowest BCUT2D eigenvalue weighted by Crippen LogP contribution is -2.71. The zero-order valence-electron chi connectivity index (χ0n) is 16.9. The minimum absolute atomic E-state index is 0.117. The van der Waals surface area contributed by atoms with E-state index in [0.717, 1.165) is 4.90 Å². The number of rotatable bonds is 10. The second-order valence-corrected chi connectivity index (χ2v) is 9.52. The molecule has 0 aromatic carbocycles. The largest absolute Gasteiger partial charge is 0.479 e. The number of aromatic amines is 1. The van der Waals surface area contributed by atoms with Crippen LogP contribution in [0.1, 0.15) is 5.69 Å². The van der Waals surface area contributed by atoms with Crippen molar-refractivity contribution in [3.63, 3.8) is 0 Å². The zero-order valence-corrected chi connectivity index (χ0v) is 19.4. The Kier molecular flexibility index (Phi) is 7.13. The van der Waals surface area contributed by atoms with Crippen LogP contribution in [0, 0.1) is 0 Å². The van der Waals surface area contributed by atoms with Crippen LogP contribution in [0.15, 0.2) is 38.5 Å². The van der Waals surface area contributed by atoms with Crippen molar-refractivity contribution in [2.45, 2.75) is 16.4 Å². The molecule has 34 heavy (non-hydrogen) atoms. The number of hydrogen-bond donors (Lipinski definition) is 4. The highest BCUT2D eigenvalue weighted by molar-refractivity contribution is 8.01. The second kappa shape index (κ2) is 10.2. The van der Waals surface area contributed by atoms with Crippen molar-refractivity contribution in [3.8, 4) is 0 Å². The van der Waals surface area contributed by atoms with Gasteiger partial charge in [0.05, 0.1) is 11.7 Å². The second-order valence-electron chi connectivity index (χ2n) is 6.70. The van der Waals surface area contributed by atoms with Crippen molar-refractivity contribution in [1.82, 2.24) is 30.6 Å². The normalized spacial score (nSPS) is 19.9. The number of carbonyl (C=O) groups is 4. The highest BCUT2D eigenvalue weighted by Gasteiger charge is 2.54. The molecule has 1 fully saturated rings. The number of aliphatic carboxylic acids is 2. The molecule has 1 unspecified atom stereocenters. The minimum Gasteiger partial charge on any atom is -0.479 e. The van der Waals surface area contributed by atoms with E-state index in [1.165, 1.54) is 51.9 Å². The first kappa shape index (κ1) is 23.7. The number of carboxylic acids is 2. The predicted octanol–water partition coefficient (Wildman–Crippen LogP) is -0.403. The minimum atomic E-state index is -1.28. The van der Waals surface area contributed by atoms with Gasteiger partial charge in [-0.05, 0) is 5.57 Å². The summed E-state index contributed by atoms with van der Waals surface area (Å²) < 4.78 is 0. The van der Waals surface area contributed by atoms with Gasteiger partial charge >= 0.3 is 11.9 Å². The van der Waals surface area contributed by atoms with E-state index in [1.807, 2.05) is 0 Å². The first-order chi connectivity index (χ1) is 16.4. The molecule has 0 spiro atoms. The van der Waals surface area contributed by atoms with E-state index in [1.54, 1.807) is 0 Å². The quantitative estimate of drug-likeness (QED) is 0.136. The Labute approximate surface area is 202 Å². The van der Waals surface area contributed by atoms with E-state index in [0.29, 0.717) is 22.1 Å². The maximum atomic E-state index is 12.8. The summed E-state index contributed by atoms with van der Waals surface area (Å²) >= 11 is 3.78. The van der Waals surface area contributed by atoms with Gasteiger partial charge < -0.3 is 20.4 Å². The Morgan fingerprint density at radius 3 is 2.85 bits per heavy atom. The Morgan fingerprint density at radius 1 is 1.38 bits per heavy atom. The van der Waals surface area contributed by atoms with Crippen molar-refractivity contribution >= 4 is 64.3 Å². The molecule has 4 N–H and O–H groups in total. The summed E-state index contributed by atoms with van der Waals surface area (Å²) in [6, 6.07) is -1.00. The van der Waals surface area contributed by atoms with Gasteiger partial charge in [-0.3, -0.25) is 14.5 Å². The molecular weight excluding hydrogens is 510 g/mol. The van der Waals surface area contributed by atoms with E-state index in [9.17, 15) is 24.3 Å².